The molecule has 1 aromatic carbocycles. The Hall–Kier alpha value is -1.06. The standard InChI is InChI=1S/C17H26N2O.ClH/c1-14-7-6-8-15(13-14)17(9-4-3-5-10-17)16(20)19-12-11-18-2;/h6-8,13,18H,3-5,9-12H2,1-2H3,(H,19,20);1H. The maximum atomic E-state index is 12.8. The van der Waals surface area contributed by atoms with E-state index < -0.39 is 0 Å². The highest BCUT2D eigenvalue weighted by atomic mass is 35.5. The third-order valence-corrected chi connectivity index (χ3v) is 4.37. The largest absolute Gasteiger partial charge is 0.354 e. The van der Waals surface area contributed by atoms with Crippen LogP contribution < -0.4 is 10.6 Å². The highest BCUT2D eigenvalue weighted by molar-refractivity contribution is 5.88. The van der Waals surface area contributed by atoms with E-state index in [1.165, 1.54) is 17.5 Å². The van der Waals surface area contributed by atoms with E-state index in [1.54, 1.807) is 0 Å². The van der Waals surface area contributed by atoms with Crippen molar-refractivity contribution in [2.24, 2.45) is 0 Å². The van der Waals surface area contributed by atoms with Crippen molar-refractivity contribution in [2.75, 3.05) is 20.1 Å². The van der Waals surface area contributed by atoms with E-state index >= 15 is 0 Å². The predicted molar refractivity (Wildman–Crippen MR) is 90.1 cm³/mol. The zero-order valence-electron chi connectivity index (χ0n) is 13.1. The molecule has 118 valence electrons. The molecule has 1 saturated carbocycles. The Kier molecular flexibility index (Phi) is 7.20. The van der Waals surface area contributed by atoms with Gasteiger partial charge >= 0.3 is 0 Å². The summed E-state index contributed by atoms with van der Waals surface area (Å²) in [6, 6.07) is 8.47. The number of nitrogens with one attached hydrogen (secondary N) is 2. The maximum Gasteiger partial charge on any atom is 0.230 e. The quantitative estimate of drug-likeness (QED) is 0.821. The molecule has 1 aliphatic rings. The lowest BCUT2D eigenvalue weighted by atomic mass is 9.68. The summed E-state index contributed by atoms with van der Waals surface area (Å²) in [6.07, 6.45) is 5.49. The van der Waals surface area contributed by atoms with Crippen molar-refractivity contribution in [3.63, 3.8) is 0 Å². The molecule has 1 fully saturated rings. The molecule has 0 radical (unpaired) electrons. The number of halogens is 1. The molecule has 1 aromatic rings. The van der Waals surface area contributed by atoms with Gasteiger partial charge < -0.3 is 10.6 Å². The maximum absolute atomic E-state index is 12.8. The van der Waals surface area contributed by atoms with Gasteiger partial charge in [0.25, 0.3) is 0 Å². The molecule has 0 spiro atoms. The smallest absolute Gasteiger partial charge is 0.230 e. The Labute approximate surface area is 134 Å². The minimum Gasteiger partial charge on any atom is -0.354 e. The first-order chi connectivity index (χ1) is 9.69. The molecule has 21 heavy (non-hydrogen) atoms. The summed E-state index contributed by atoms with van der Waals surface area (Å²) in [4.78, 5) is 12.8. The zero-order chi connectivity index (χ0) is 14.4. The van der Waals surface area contributed by atoms with Crippen LogP contribution in [0.15, 0.2) is 24.3 Å². The monoisotopic (exact) mass is 310 g/mol. The number of carbonyl (C=O) groups is 1. The molecule has 0 bridgehead atoms. The third-order valence-electron chi connectivity index (χ3n) is 4.37. The fourth-order valence-electron chi connectivity index (χ4n) is 3.22. The molecule has 0 heterocycles. The van der Waals surface area contributed by atoms with E-state index in [2.05, 4.69) is 41.8 Å². The molecular weight excluding hydrogens is 284 g/mol. The van der Waals surface area contributed by atoms with Gasteiger partial charge in [0.1, 0.15) is 0 Å². The minimum atomic E-state index is -0.308. The summed E-state index contributed by atoms with van der Waals surface area (Å²) in [6.45, 7) is 3.61. The van der Waals surface area contributed by atoms with Crippen molar-refractivity contribution in [1.29, 1.82) is 0 Å². The van der Waals surface area contributed by atoms with E-state index in [4.69, 9.17) is 0 Å². The molecule has 0 saturated heterocycles. The molecule has 2 rings (SSSR count). The second-order valence-electron chi connectivity index (χ2n) is 5.87. The zero-order valence-corrected chi connectivity index (χ0v) is 13.9. The second kappa shape index (κ2) is 8.40. The second-order valence-corrected chi connectivity index (χ2v) is 5.87. The molecule has 0 aromatic heterocycles. The molecule has 4 heteroatoms. The number of benzene rings is 1. The van der Waals surface area contributed by atoms with Gasteiger partial charge in [0.2, 0.25) is 5.91 Å². The van der Waals surface area contributed by atoms with Crippen molar-refractivity contribution in [3.05, 3.63) is 35.4 Å². The first-order valence-electron chi connectivity index (χ1n) is 7.69. The lowest BCUT2D eigenvalue weighted by Crippen LogP contribution is -2.47. The fraction of sp³-hybridized carbons (Fsp3) is 0.588. The van der Waals surface area contributed by atoms with Crippen LogP contribution in [0, 0.1) is 6.92 Å². The Morgan fingerprint density at radius 3 is 2.52 bits per heavy atom. The van der Waals surface area contributed by atoms with Crippen LogP contribution >= 0.6 is 12.4 Å². The van der Waals surface area contributed by atoms with Crippen LogP contribution in [-0.4, -0.2) is 26.0 Å². The van der Waals surface area contributed by atoms with Crippen molar-refractivity contribution in [2.45, 2.75) is 44.4 Å². The first-order valence-corrected chi connectivity index (χ1v) is 7.69. The summed E-state index contributed by atoms with van der Waals surface area (Å²) >= 11 is 0. The van der Waals surface area contributed by atoms with E-state index in [0.717, 1.165) is 32.2 Å². The van der Waals surface area contributed by atoms with Gasteiger partial charge in [-0.2, -0.15) is 0 Å². The van der Waals surface area contributed by atoms with E-state index in [-0.39, 0.29) is 23.7 Å². The Bertz CT molecular complexity index is 456. The lowest BCUT2D eigenvalue weighted by molar-refractivity contribution is -0.128. The SMILES string of the molecule is CNCCNC(=O)C1(c2cccc(C)c2)CCCCC1.Cl. The predicted octanol–water partition coefficient (Wildman–Crippen LogP) is 2.95. The number of likely N-dealkylation sites (N-methyl/N-ethyl adjacent to an activating group) is 1. The molecule has 1 amide bonds. The number of hydrogen-bond donors (Lipinski definition) is 2. The van der Waals surface area contributed by atoms with Crippen molar-refractivity contribution in [1.82, 2.24) is 10.6 Å². The van der Waals surface area contributed by atoms with Gasteiger partial charge in [-0.1, -0.05) is 49.1 Å². The number of aryl methyl sites for hydroxylation is 1. The third kappa shape index (κ3) is 4.21. The molecular formula is C17H27ClN2O. The summed E-state index contributed by atoms with van der Waals surface area (Å²) < 4.78 is 0. The van der Waals surface area contributed by atoms with Crippen molar-refractivity contribution in [3.8, 4) is 0 Å². The molecule has 0 aliphatic heterocycles. The normalized spacial score (nSPS) is 16.9. The molecule has 0 unspecified atom stereocenters. The van der Waals surface area contributed by atoms with Gasteiger partial charge in [0.15, 0.2) is 0 Å². The van der Waals surface area contributed by atoms with Crippen LogP contribution in [0.1, 0.15) is 43.2 Å². The van der Waals surface area contributed by atoms with Gasteiger partial charge in [-0.25, -0.2) is 0 Å². The van der Waals surface area contributed by atoms with E-state index in [9.17, 15) is 4.79 Å². The summed E-state index contributed by atoms with van der Waals surface area (Å²) in [5.74, 6) is 0.207. The highest BCUT2D eigenvalue weighted by Gasteiger charge is 2.40. The van der Waals surface area contributed by atoms with Crippen LogP contribution in [0.2, 0.25) is 0 Å². The van der Waals surface area contributed by atoms with Gasteiger partial charge in [0.05, 0.1) is 5.41 Å². The average molecular weight is 311 g/mol. The number of rotatable bonds is 5. The van der Waals surface area contributed by atoms with Crippen LogP contribution in [0.3, 0.4) is 0 Å². The average Bonchev–Trinajstić information content (AvgIpc) is 2.48. The molecule has 2 N–H and O–H groups in total. The van der Waals surface area contributed by atoms with Crippen molar-refractivity contribution >= 4 is 18.3 Å². The minimum absolute atomic E-state index is 0. The molecule has 3 nitrogen and oxygen atoms in total. The molecule has 0 atom stereocenters. The first kappa shape index (κ1) is 18.0. The van der Waals surface area contributed by atoms with Gasteiger partial charge in [0, 0.05) is 13.1 Å². The Morgan fingerprint density at radius 2 is 1.90 bits per heavy atom. The summed E-state index contributed by atoms with van der Waals surface area (Å²) in [7, 11) is 1.91. The summed E-state index contributed by atoms with van der Waals surface area (Å²) in [5.41, 5.74) is 2.12. The number of carbonyl (C=O) groups excluding carboxylic acids is 1. The number of hydrogen-bond acceptors (Lipinski definition) is 2. The Morgan fingerprint density at radius 1 is 1.19 bits per heavy atom. The van der Waals surface area contributed by atoms with Gasteiger partial charge in [-0.15, -0.1) is 12.4 Å². The van der Waals surface area contributed by atoms with Crippen molar-refractivity contribution < 1.29 is 4.79 Å². The van der Waals surface area contributed by atoms with E-state index in [1.807, 2.05) is 7.05 Å². The fourth-order valence-corrected chi connectivity index (χ4v) is 3.22. The summed E-state index contributed by atoms with van der Waals surface area (Å²) in [5, 5.41) is 6.18. The van der Waals surface area contributed by atoms with E-state index in [0.29, 0.717) is 6.54 Å². The Balaban J connectivity index is 0.00000220. The number of amides is 1. The molecule has 1 aliphatic carbocycles. The van der Waals surface area contributed by atoms with Gasteiger partial charge in [-0.3, -0.25) is 4.79 Å². The topological polar surface area (TPSA) is 41.1 Å². The van der Waals surface area contributed by atoms with Crippen LogP contribution in [-0.2, 0) is 10.2 Å². The van der Waals surface area contributed by atoms with Crippen LogP contribution in [0.25, 0.3) is 0 Å². The van der Waals surface area contributed by atoms with Crippen LogP contribution in [0.5, 0.6) is 0 Å². The van der Waals surface area contributed by atoms with Crippen LogP contribution in [0.4, 0.5) is 0 Å². The highest BCUT2D eigenvalue weighted by Crippen LogP contribution is 2.39. The lowest BCUT2D eigenvalue weighted by Gasteiger charge is -2.36. The van der Waals surface area contributed by atoms with Gasteiger partial charge in [-0.05, 0) is 32.4 Å².